The molecule has 0 aliphatic rings. The fourth-order valence-electron chi connectivity index (χ4n) is 1.41. The Morgan fingerprint density at radius 1 is 1.17 bits per heavy atom. The second kappa shape index (κ2) is 5.79. The van der Waals surface area contributed by atoms with Gasteiger partial charge in [0.25, 0.3) is 5.91 Å². The molecular formula is C13H8BrFINO. The number of carbonyl (C=O) groups excluding carboxylic acids is 1. The lowest BCUT2D eigenvalue weighted by molar-refractivity contribution is 0.102. The summed E-state index contributed by atoms with van der Waals surface area (Å²) >= 11 is 5.36. The normalized spacial score (nSPS) is 10.2. The van der Waals surface area contributed by atoms with Gasteiger partial charge in [0.05, 0.1) is 5.56 Å². The van der Waals surface area contributed by atoms with Crippen LogP contribution in [0.15, 0.2) is 46.9 Å². The lowest BCUT2D eigenvalue weighted by Gasteiger charge is -2.07. The standard InChI is InChI=1S/C13H8BrFINO/c14-12-7-8(15)1-6-11(12)13(18)17-10-4-2-9(16)3-5-10/h1-7H,(H,17,18). The van der Waals surface area contributed by atoms with E-state index in [1.54, 1.807) is 0 Å². The van der Waals surface area contributed by atoms with Gasteiger partial charge in [-0.05, 0) is 81.0 Å². The van der Waals surface area contributed by atoms with Crippen LogP contribution in [-0.2, 0) is 0 Å². The molecule has 1 amide bonds. The first-order valence-corrected chi connectivity index (χ1v) is 6.95. The first-order valence-electron chi connectivity index (χ1n) is 5.08. The van der Waals surface area contributed by atoms with E-state index in [9.17, 15) is 9.18 Å². The van der Waals surface area contributed by atoms with Crippen molar-refractivity contribution in [1.82, 2.24) is 0 Å². The molecule has 0 aliphatic heterocycles. The highest BCUT2D eigenvalue weighted by Crippen LogP contribution is 2.20. The zero-order chi connectivity index (χ0) is 13.1. The smallest absolute Gasteiger partial charge is 0.256 e. The predicted molar refractivity (Wildman–Crippen MR) is 81.2 cm³/mol. The molecule has 0 spiro atoms. The summed E-state index contributed by atoms with van der Waals surface area (Å²) in [4.78, 5) is 12.0. The van der Waals surface area contributed by atoms with Gasteiger partial charge in [-0.15, -0.1) is 0 Å². The average molecular weight is 420 g/mol. The zero-order valence-electron chi connectivity index (χ0n) is 9.08. The molecule has 2 aromatic rings. The van der Waals surface area contributed by atoms with Crippen LogP contribution in [0.25, 0.3) is 0 Å². The summed E-state index contributed by atoms with van der Waals surface area (Å²) in [5.74, 6) is -0.657. The highest BCUT2D eigenvalue weighted by molar-refractivity contribution is 14.1. The van der Waals surface area contributed by atoms with Gasteiger partial charge >= 0.3 is 0 Å². The summed E-state index contributed by atoms with van der Waals surface area (Å²) in [7, 11) is 0. The first-order chi connectivity index (χ1) is 8.56. The molecule has 0 radical (unpaired) electrons. The molecule has 0 aliphatic carbocycles. The molecule has 0 heterocycles. The molecule has 0 saturated heterocycles. The SMILES string of the molecule is O=C(Nc1ccc(I)cc1)c1ccc(F)cc1Br. The second-order valence-electron chi connectivity index (χ2n) is 3.59. The van der Waals surface area contributed by atoms with Crippen LogP contribution < -0.4 is 5.32 Å². The van der Waals surface area contributed by atoms with Gasteiger partial charge in [0.15, 0.2) is 0 Å². The topological polar surface area (TPSA) is 29.1 Å². The molecule has 92 valence electrons. The number of hydrogen-bond donors (Lipinski definition) is 1. The minimum atomic E-state index is -0.382. The van der Waals surface area contributed by atoms with Gasteiger partial charge in [-0.2, -0.15) is 0 Å². The van der Waals surface area contributed by atoms with Crippen LogP contribution in [0.4, 0.5) is 10.1 Å². The van der Waals surface area contributed by atoms with Crippen LogP contribution in [0.5, 0.6) is 0 Å². The Balaban J connectivity index is 2.19. The summed E-state index contributed by atoms with van der Waals surface area (Å²) in [6, 6.07) is 11.4. The van der Waals surface area contributed by atoms with E-state index in [1.165, 1.54) is 18.2 Å². The summed E-state index contributed by atoms with van der Waals surface area (Å²) in [5, 5.41) is 2.75. The van der Waals surface area contributed by atoms with Crippen LogP contribution >= 0.6 is 38.5 Å². The summed E-state index contributed by atoms with van der Waals surface area (Å²) < 4.78 is 14.4. The van der Waals surface area contributed by atoms with Crippen LogP contribution in [0, 0.1) is 9.39 Å². The molecule has 0 atom stereocenters. The van der Waals surface area contributed by atoms with Crippen molar-refractivity contribution in [2.24, 2.45) is 0 Å². The number of nitrogens with one attached hydrogen (secondary N) is 1. The van der Waals surface area contributed by atoms with E-state index in [-0.39, 0.29) is 11.7 Å². The van der Waals surface area contributed by atoms with Gasteiger partial charge in [-0.1, -0.05) is 0 Å². The lowest BCUT2D eigenvalue weighted by Crippen LogP contribution is -2.12. The molecule has 2 rings (SSSR count). The van der Waals surface area contributed by atoms with Crippen molar-refractivity contribution >= 4 is 50.1 Å². The molecule has 18 heavy (non-hydrogen) atoms. The van der Waals surface area contributed by atoms with Crippen molar-refractivity contribution < 1.29 is 9.18 Å². The van der Waals surface area contributed by atoms with Crippen LogP contribution in [-0.4, -0.2) is 5.91 Å². The zero-order valence-corrected chi connectivity index (χ0v) is 12.8. The summed E-state index contributed by atoms with van der Waals surface area (Å²) in [6.45, 7) is 0. The van der Waals surface area contributed by atoms with Crippen molar-refractivity contribution in [1.29, 1.82) is 0 Å². The molecule has 0 aromatic heterocycles. The summed E-state index contributed by atoms with van der Waals surface area (Å²) in [5.41, 5.74) is 1.10. The van der Waals surface area contributed by atoms with Gasteiger partial charge in [0, 0.05) is 13.7 Å². The Bertz CT molecular complexity index is 586. The molecular weight excluding hydrogens is 412 g/mol. The number of anilines is 1. The summed E-state index contributed by atoms with van der Waals surface area (Å²) in [6.07, 6.45) is 0. The van der Waals surface area contributed by atoms with Crippen molar-refractivity contribution in [3.8, 4) is 0 Å². The van der Waals surface area contributed by atoms with E-state index < -0.39 is 0 Å². The number of carbonyl (C=O) groups is 1. The largest absolute Gasteiger partial charge is 0.322 e. The molecule has 5 heteroatoms. The van der Waals surface area contributed by atoms with Crippen LogP contribution in [0.3, 0.4) is 0 Å². The number of rotatable bonds is 2. The van der Waals surface area contributed by atoms with Crippen molar-refractivity contribution in [2.45, 2.75) is 0 Å². The Kier molecular flexibility index (Phi) is 4.34. The fourth-order valence-corrected chi connectivity index (χ4v) is 2.30. The Hall–Kier alpha value is -0.950. The Labute approximate surface area is 126 Å². The van der Waals surface area contributed by atoms with Crippen LogP contribution in [0.2, 0.25) is 0 Å². The number of hydrogen-bond acceptors (Lipinski definition) is 1. The number of halogens is 3. The molecule has 1 N–H and O–H groups in total. The Morgan fingerprint density at radius 3 is 2.44 bits per heavy atom. The monoisotopic (exact) mass is 419 g/mol. The maximum absolute atomic E-state index is 12.9. The molecule has 2 nitrogen and oxygen atoms in total. The van der Waals surface area contributed by atoms with Crippen molar-refractivity contribution in [3.05, 3.63) is 61.9 Å². The van der Waals surface area contributed by atoms with Gasteiger partial charge < -0.3 is 5.32 Å². The molecule has 0 unspecified atom stereocenters. The fraction of sp³-hybridized carbons (Fsp3) is 0. The third-order valence-corrected chi connectivity index (χ3v) is 3.65. The minimum absolute atomic E-state index is 0.275. The van der Waals surface area contributed by atoms with Crippen molar-refractivity contribution in [2.75, 3.05) is 5.32 Å². The third kappa shape index (κ3) is 3.29. The second-order valence-corrected chi connectivity index (χ2v) is 5.69. The van der Waals surface area contributed by atoms with Gasteiger partial charge in [0.1, 0.15) is 5.82 Å². The van der Waals surface area contributed by atoms with Crippen molar-refractivity contribution in [3.63, 3.8) is 0 Å². The highest BCUT2D eigenvalue weighted by atomic mass is 127. The van der Waals surface area contributed by atoms with E-state index in [0.717, 1.165) is 3.57 Å². The number of benzene rings is 2. The Morgan fingerprint density at radius 2 is 1.83 bits per heavy atom. The van der Waals surface area contributed by atoms with E-state index in [1.807, 2.05) is 24.3 Å². The predicted octanol–water partition coefficient (Wildman–Crippen LogP) is 4.45. The van der Waals surface area contributed by atoms with Gasteiger partial charge in [0.2, 0.25) is 0 Å². The van der Waals surface area contributed by atoms with Gasteiger partial charge in [-0.3, -0.25) is 4.79 Å². The molecule has 0 saturated carbocycles. The first kappa shape index (κ1) is 13.5. The molecule has 2 aromatic carbocycles. The maximum Gasteiger partial charge on any atom is 0.256 e. The van der Waals surface area contributed by atoms with E-state index in [4.69, 9.17) is 0 Å². The van der Waals surface area contributed by atoms with Gasteiger partial charge in [-0.25, -0.2) is 4.39 Å². The average Bonchev–Trinajstić information content (AvgIpc) is 2.32. The minimum Gasteiger partial charge on any atom is -0.322 e. The molecule has 0 bridgehead atoms. The van der Waals surface area contributed by atoms with Crippen LogP contribution in [0.1, 0.15) is 10.4 Å². The maximum atomic E-state index is 12.9. The lowest BCUT2D eigenvalue weighted by atomic mass is 10.2. The highest BCUT2D eigenvalue weighted by Gasteiger charge is 2.10. The number of amides is 1. The quantitative estimate of drug-likeness (QED) is 0.716. The van der Waals surface area contributed by atoms with E-state index in [0.29, 0.717) is 15.7 Å². The van der Waals surface area contributed by atoms with E-state index >= 15 is 0 Å². The molecule has 0 fully saturated rings. The third-order valence-electron chi connectivity index (χ3n) is 2.28. The van der Waals surface area contributed by atoms with E-state index in [2.05, 4.69) is 43.8 Å².